The van der Waals surface area contributed by atoms with Gasteiger partial charge in [0, 0.05) is 31.8 Å². The number of aryl methyl sites for hydroxylation is 1. The standard InChI is InChI=1S/C10H16N2O3S/c1-12-4-3-11-10(12)6-9(13)8-2-5-16(14,15)7-8/h3-4,8-9,13H,2,5-7H2,1H3. The lowest BCUT2D eigenvalue weighted by Crippen LogP contribution is -2.25. The minimum Gasteiger partial charge on any atom is -0.392 e. The lowest BCUT2D eigenvalue weighted by Gasteiger charge is -2.15. The molecular weight excluding hydrogens is 228 g/mol. The van der Waals surface area contributed by atoms with Crippen LogP contribution in [0.3, 0.4) is 0 Å². The number of aliphatic hydroxyl groups is 1. The SMILES string of the molecule is Cn1ccnc1CC(O)C1CCS(=O)(=O)C1. The van der Waals surface area contributed by atoms with Crippen LogP contribution in [0.2, 0.25) is 0 Å². The molecule has 0 aliphatic carbocycles. The summed E-state index contributed by atoms with van der Waals surface area (Å²) in [6, 6.07) is 0. The summed E-state index contributed by atoms with van der Waals surface area (Å²) in [6.07, 6.45) is 3.86. The molecule has 16 heavy (non-hydrogen) atoms. The Kier molecular flexibility index (Phi) is 3.03. The van der Waals surface area contributed by atoms with E-state index >= 15 is 0 Å². The third-order valence-corrected chi connectivity index (χ3v) is 4.92. The predicted octanol–water partition coefficient (Wildman–Crippen LogP) is -0.242. The first-order valence-electron chi connectivity index (χ1n) is 5.32. The predicted molar refractivity (Wildman–Crippen MR) is 59.7 cm³/mol. The van der Waals surface area contributed by atoms with Gasteiger partial charge < -0.3 is 9.67 Å². The van der Waals surface area contributed by atoms with Crippen LogP contribution < -0.4 is 0 Å². The molecule has 5 nitrogen and oxygen atoms in total. The Labute approximate surface area is 95.0 Å². The molecule has 1 saturated heterocycles. The quantitative estimate of drug-likeness (QED) is 0.796. The normalized spacial score (nSPS) is 25.8. The van der Waals surface area contributed by atoms with Gasteiger partial charge in [0.1, 0.15) is 5.82 Å². The van der Waals surface area contributed by atoms with Gasteiger partial charge in [0.2, 0.25) is 0 Å². The maximum atomic E-state index is 11.3. The fraction of sp³-hybridized carbons (Fsp3) is 0.700. The molecule has 1 aromatic rings. The van der Waals surface area contributed by atoms with Gasteiger partial charge in [-0.2, -0.15) is 0 Å². The smallest absolute Gasteiger partial charge is 0.150 e. The van der Waals surface area contributed by atoms with Crippen molar-refractivity contribution in [3.8, 4) is 0 Å². The van der Waals surface area contributed by atoms with E-state index in [1.165, 1.54) is 0 Å². The highest BCUT2D eigenvalue weighted by molar-refractivity contribution is 7.91. The summed E-state index contributed by atoms with van der Waals surface area (Å²) in [7, 11) is -1.06. The molecule has 90 valence electrons. The second-order valence-corrected chi connectivity index (χ2v) is 6.62. The molecule has 0 bridgehead atoms. The summed E-state index contributed by atoms with van der Waals surface area (Å²) < 4.78 is 24.4. The van der Waals surface area contributed by atoms with Crippen molar-refractivity contribution in [1.29, 1.82) is 0 Å². The van der Waals surface area contributed by atoms with E-state index in [-0.39, 0.29) is 17.4 Å². The van der Waals surface area contributed by atoms with Gasteiger partial charge >= 0.3 is 0 Å². The number of rotatable bonds is 3. The summed E-state index contributed by atoms with van der Waals surface area (Å²) in [4.78, 5) is 4.12. The van der Waals surface area contributed by atoms with E-state index in [0.717, 1.165) is 5.82 Å². The third-order valence-electron chi connectivity index (χ3n) is 3.12. The Hall–Kier alpha value is -0.880. The highest BCUT2D eigenvalue weighted by atomic mass is 32.2. The number of aliphatic hydroxyl groups excluding tert-OH is 1. The van der Waals surface area contributed by atoms with Crippen molar-refractivity contribution in [2.75, 3.05) is 11.5 Å². The van der Waals surface area contributed by atoms with E-state index in [1.54, 1.807) is 6.20 Å². The molecule has 2 atom stereocenters. The van der Waals surface area contributed by atoms with E-state index in [1.807, 2.05) is 17.8 Å². The molecule has 1 aromatic heterocycles. The summed E-state index contributed by atoms with van der Waals surface area (Å²) in [5.74, 6) is 0.965. The molecule has 1 aliphatic heterocycles. The summed E-state index contributed by atoms with van der Waals surface area (Å²) in [5.41, 5.74) is 0. The van der Waals surface area contributed by atoms with Gasteiger partial charge in [-0.3, -0.25) is 0 Å². The van der Waals surface area contributed by atoms with Gasteiger partial charge in [0.15, 0.2) is 9.84 Å². The van der Waals surface area contributed by atoms with Gasteiger partial charge in [-0.25, -0.2) is 13.4 Å². The van der Waals surface area contributed by atoms with Gasteiger partial charge in [-0.15, -0.1) is 0 Å². The first-order valence-corrected chi connectivity index (χ1v) is 7.15. The first kappa shape index (κ1) is 11.6. The lowest BCUT2D eigenvalue weighted by molar-refractivity contribution is 0.117. The number of aromatic nitrogens is 2. The summed E-state index contributed by atoms with van der Waals surface area (Å²) in [5, 5.41) is 9.96. The van der Waals surface area contributed by atoms with Crippen molar-refractivity contribution in [1.82, 2.24) is 9.55 Å². The maximum absolute atomic E-state index is 11.3. The van der Waals surface area contributed by atoms with Gasteiger partial charge in [0.25, 0.3) is 0 Å². The van der Waals surface area contributed by atoms with E-state index in [0.29, 0.717) is 12.8 Å². The van der Waals surface area contributed by atoms with Crippen LogP contribution in [0.4, 0.5) is 0 Å². The van der Waals surface area contributed by atoms with Crippen molar-refractivity contribution < 1.29 is 13.5 Å². The average Bonchev–Trinajstić information content (AvgIpc) is 2.74. The van der Waals surface area contributed by atoms with E-state index < -0.39 is 15.9 Å². The summed E-state index contributed by atoms with van der Waals surface area (Å²) in [6.45, 7) is 0. The second-order valence-electron chi connectivity index (χ2n) is 4.39. The Morgan fingerprint density at radius 1 is 1.69 bits per heavy atom. The van der Waals surface area contributed by atoms with Crippen LogP contribution >= 0.6 is 0 Å². The topological polar surface area (TPSA) is 72.2 Å². The number of nitrogens with zero attached hydrogens (tertiary/aromatic N) is 2. The third kappa shape index (κ3) is 2.44. The molecule has 0 amide bonds. The van der Waals surface area contributed by atoms with Crippen LogP contribution in [0.15, 0.2) is 12.4 Å². The molecule has 1 fully saturated rings. The molecule has 0 aromatic carbocycles. The largest absolute Gasteiger partial charge is 0.392 e. The van der Waals surface area contributed by atoms with Gasteiger partial charge in [0.05, 0.1) is 17.6 Å². The van der Waals surface area contributed by atoms with Crippen molar-refractivity contribution in [2.24, 2.45) is 13.0 Å². The highest BCUT2D eigenvalue weighted by Gasteiger charge is 2.33. The molecule has 0 radical (unpaired) electrons. The zero-order chi connectivity index (χ0) is 11.8. The van der Waals surface area contributed by atoms with Crippen LogP contribution in [0.1, 0.15) is 12.2 Å². The zero-order valence-electron chi connectivity index (χ0n) is 9.20. The van der Waals surface area contributed by atoms with E-state index in [4.69, 9.17) is 0 Å². The van der Waals surface area contributed by atoms with Gasteiger partial charge in [-0.05, 0) is 6.42 Å². The Morgan fingerprint density at radius 2 is 2.44 bits per heavy atom. The molecule has 2 heterocycles. The summed E-state index contributed by atoms with van der Waals surface area (Å²) >= 11 is 0. The number of imidazole rings is 1. The number of hydrogen-bond acceptors (Lipinski definition) is 4. The fourth-order valence-electron chi connectivity index (χ4n) is 2.07. The first-order chi connectivity index (χ1) is 7.48. The molecule has 2 rings (SSSR count). The highest BCUT2D eigenvalue weighted by Crippen LogP contribution is 2.23. The molecule has 1 aliphatic rings. The van der Waals surface area contributed by atoms with Crippen LogP contribution in [-0.2, 0) is 23.3 Å². The lowest BCUT2D eigenvalue weighted by atomic mass is 9.99. The molecular formula is C10H16N2O3S. The van der Waals surface area contributed by atoms with E-state index in [2.05, 4.69) is 4.98 Å². The minimum atomic E-state index is -2.92. The van der Waals surface area contributed by atoms with Crippen molar-refractivity contribution in [3.63, 3.8) is 0 Å². The molecule has 0 saturated carbocycles. The Morgan fingerprint density at radius 3 is 2.94 bits per heavy atom. The number of hydrogen-bond donors (Lipinski definition) is 1. The monoisotopic (exact) mass is 244 g/mol. The Balaban J connectivity index is 2.00. The van der Waals surface area contributed by atoms with Crippen molar-refractivity contribution in [2.45, 2.75) is 18.9 Å². The Bertz CT molecular complexity index is 466. The molecule has 2 unspecified atom stereocenters. The fourth-order valence-corrected chi connectivity index (χ4v) is 3.94. The average molecular weight is 244 g/mol. The molecule has 6 heteroatoms. The minimum absolute atomic E-state index is 0.110. The van der Waals surface area contributed by atoms with Crippen molar-refractivity contribution >= 4 is 9.84 Å². The zero-order valence-corrected chi connectivity index (χ0v) is 10.0. The van der Waals surface area contributed by atoms with Crippen molar-refractivity contribution in [3.05, 3.63) is 18.2 Å². The van der Waals surface area contributed by atoms with Gasteiger partial charge in [-0.1, -0.05) is 0 Å². The molecule has 1 N–H and O–H groups in total. The van der Waals surface area contributed by atoms with Crippen LogP contribution in [0.25, 0.3) is 0 Å². The second kappa shape index (κ2) is 4.18. The number of sulfone groups is 1. The maximum Gasteiger partial charge on any atom is 0.150 e. The molecule has 0 spiro atoms. The van der Waals surface area contributed by atoms with Crippen LogP contribution in [0.5, 0.6) is 0 Å². The van der Waals surface area contributed by atoms with E-state index in [9.17, 15) is 13.5 Å². The van der Waals surface area contributed by atoms with Crippen LogP contribution in [0, 0.1) is 5.92 Å². The van der Waals surface area contributed by atoms with Crippen LogP contribution in [-0.4, -0.2) is 40.7 Å².